The van der Waals surface area contributed by atoms with Crippen LogP contribution in [0.1, 0.15) is 33.9 Å². The highest BCUT2D eigenvalue weighted by Crippen LogP contribution is 2.59. The van der Waals surface area contributed by atoms with E-state index in [2.05, 4.69) is 20.3 Å². The Morgan fingerprint density at radius 1 is 1.42 bits per heavy atom. The highest BCUT2D eigenvalue weighted by atomic mass is 32.2. The molecule has 2 aromatic heterocycles. The average molecular weight is 577 g/mol. The van der Waals surface area contributed by atoms with Crippen molar-refractivity contribution >= 4 is 47.9 Å². The quantitative estimate of drug-likeness (QED) is 0.329. The number of amides is 1. The number of hydrogen-bond donors (Lipinski definition) is 2. The summed E-state index contributed by atoms with van der Waals surface area (Å²) in [5, 5.41) is 2.31. The summed E-state index contributed by atoms with van der Waals surface area (Å²) in [6.07, 6.45) is -1.21. The standard InChI is InChI=1S/C21H30FN6O8PS/c1-5-32-19(30)25-10-20(2,3)17(29)38-7-6-33-37(31)34-9-13-14(36-37)21(4,22)16(35-13)28-11-26-12-8-24-18(23)27-15(12)28/h8,11,13-14,16H,5-7,9-10H2,1-4H3,(H,25,30)(H2,23,24,27)/t13-,14-,16-,21-,37-/m1/s1. The summed E-state index contributed by atoms with van der Waals surface area (Å²) in [4.78, 5) is 36.2. The van der Waals surface area contributed by atoms with Crippen molar-refractivity contribution in [3.8, 4) is 0 Å². The van der Waals surface area contributed by atoms with Gasteiger partial charge in [-0.15, -0.1) is 0 Å². The number of phosphoric acid groups is 1. The van der Waals surface area contributed by atoms with E-state index in [9.17, 15) is 14.2 Å². The summed E-state index contributed by atoms with van der Waals surface area (Å²) in [5.74, 6) is 0.114. The van der Waals surface area contributed by atoms with Crippen LogP contribution in [0.5, 0.6) is 0 Å². The fourth-order valence-electron chi connectivity index (χ4n) is 3.95. The third kappa shape index (κ3) is 5.95. The number of ether oxygens (including phenoxy) is 2. The van der Waals surface area contributed by atoms with Crippen LogP contribution in [0.4, 0.5) is 15.1 Å². The maximum Gasteiger partial charge on any atom is 0.475 e. The molecule has 17 heteroatoms. The van der Waals surface area contributed by atoms with Crippen LogP contribution < -0.4 is 11.1 Å². The van der Waals surface area contributed by atoms with Crippen molar-refractivity contribution in [1.29, 1.82) is 0 Å². The number of nitrogens with two attached hydrogens (primary N) is 1. The molecule has 2 aliphatic rings. The molecule has 0 aliphatic carbocycles. The van der Waals surface area contributed by atoms with Gasteiger partial charge in [0.05, 0.1) is 37.8 Å². The number of imidazole rings is 1. The molecule has 2 aliphatic heterocycles. The lowest BCUT2D eigenvalue weighted by Crippen LogP contribution is -2.44. The maximum absolute atomic E-state index is 16.1. The number of alkyl halides is 1. The van der Waals surface area contributed by atoms with Gasteiger partial charge in [-0.3, -0.25) is 22.9 Å². The van der Waals surface area contributed by atoms with Crippen LogP contribution >= 0.6 is 19.6 Å². The summed E-state index contributed by atoms with van der Waals surface area (Å²) in [5.41, 5.74) is 3.29. The highest BCUT2D eigenvalue weighted by Gasteiger charge is 2.61. The molecule has 210 valence electrons. The van der Waals surface area contributed by atoms with Gasteiger partial charge < -0.3 is 20.5 Å². The predicted octanol–water partition coefficient (Wildman–Crippen LogP) is 2.61. The summed E-state index contributed by atoms with van der Waals surface area (Å²) in [6.45, 7) is 6.18. The molecule has 3 N–H and O–H groups in total. The molecule has 4 heterocycles. The lowest BCUT2D eigenvalue weighted by atomic mass is 9.96. The lowest BCUT2D eigenvalue weighted by Gasteiger charge is -2.33. The Morgan fingerprint density at radius 2 is 2.18 bits per heavy atom. The molecule has 0 spiro atoms. The number of nitrogen functional groups attached to an aromatic ring is 1. The van der Waals surface area contributed by atoms with Crippen LogP contribution in [0.25, 0.3) is 11.2 Å². The molecule has 0 saturated carbocycles. The SMILES string of the molecule is CCOC(=O)NCC(C)(C)C(=O)SCCO[P@]1(=O)OC[C@H]2O[C@@H](n3cnc4cnc(N)nc43)[C@](C)(F)[C@@H]2O1. The van der Waals surface area contributed by atoms with Crippen LogP contribution in [0, 0.1) is 5.41 Å². The van der Waals surface area contributed by atoms with Crippen molar-refractivity contribution in [2.24, 2.45) is 5.41 Å². The van der Waals surface area contributed by atoms with E-state index in [1.807, 2.05) is 0 Å². The van der Waals surface area contributed by atoms with Crippen molar-refractivity contribution in [2.75, 3.05) is 37.9 Å². The number of halogens is 1. The Labute approximate surface area is 222 Å². The van der Waals surface area contributed by atoms with Crippen molar-refractivity contribution < 1.29 is 41.6 Å². The Kier molecular flexibility index (Phi) is 8.31. The van der Waals surface area contributed by atoms with Gasteiger partial charge in [0.25, 0.3) is 0 Å². The smallest absolute Gasteiger partial charge is 0.450 e. The number of hydrogen-bond acceptors (Lipinski definition) is 13. The molecule has 38 heavy (non-hydrogen) atoms. The number of nitrogens with one attached hydrogen (secondary N) is 1. The van der Waals surface area contributed by atoms with Gasteiger partial charge in [-0.2, -0.15) is 4.98 Å². The van der Waals surface area contributed by atoms with Crippen LogP contribution in [0.15, 0.2) is 12.5 Å². The van der Waals surface area contributed by atoms with E-state index in [4.69, 9.17) is 28.8 Å². The zero-order valence-electron chi connectivity index (χ0n) is 21.3. The van der Waals surface area contributed by atoms with Crippen molar-refractivity contribution in [2.45, 2.75) is 51.8 Å². The van der Waals surface area contributed by atoms with E-state index >= 15 is 4.39 Å². The first-order valence-corrected chi connectivity index (χ1v) is 14.3. The van der Waals surface area contributed by atoms with E-state index in [0.29, 0.717) is 5.52 Å². The summed E-state index contributed by atoms with van der Waals surface area (Å²) in [6, 6.07) is 0. The number of carbonyl (C=O) groups is 2. The summed E-state index contributed by atoms with van der Waals surface area (Å²) >= 11 is 0.936. The van der Waals surface area contributed by atoms with E-state index in [1.165, 1.54) is 24.0 Å². The molecule has 2 aromatic rings. The number of rotatable bonds is 9. The first-order valence-electron chi connectivity index (χ1n) is 11.8. The largest absolute Gasteiger partial charge is 0.475 e. The van der Waals surface area contributed by atoms with Gasteiger partial charge in [0.2, 0.25) is 5.95 Å². The maximum atomic E-state index is 16.1. The molecule has 4 rings (SSSR count). The summed E-state index contributed by atoms with van der Waals surface area (Å²) in [7, 11) is -4.15. The lowest BCUT2D eigenvalue weighted by molar-refractivity contribution is -0.117. The minimum absolute atomic E-state index is 0.0114. The number of carbonyl (C=O) groups excluding carboxylic acids is 2. The molecule has 1 amide bonds. The zero-order valence-corrected chi connectivity index (χ0v) is 23.0. The molecule has 0 unspecified atom stereocenters. The first kappa shape index (κ1) is 28.6. The number of thioether (sulfide) groups is 1. The molecular formula is C21H30FN6O8PS. The monoisotopic (exact) mass is 576 g/mol. The third-order valence-corrected chi connectivity index (χ3v) is 8.61. The van der Waals surface area contributed by atoms with Crippen LogP contribution in [-0.2, 0) is 32.4 Å². The normalized spacial score (nSPS) is 29.2. The van der Waals surface area contributed by atoms with Gasteiger partial charge >= 0.3 is 13.9 Å². The van der Waals surface area contributed by atoms with Crippen LogP contribution in [0.2, 0.25) is 0 Å². The second kappa shape index (κ2) is 11.0. The topological polar surface area (TPSA) is 179 Å². The third-order valence-electron chi connectivity index (χ3n) is 5.98. The fourth-order valence-corrected chi connectivity index (χ4v) is 6.35. The van der Waals surface area contributed by atoms with Gasteiger partial charge in [0.1, 0.15) is 17.7 Å². The molecule has 0 aromatic carbocycles. The van der Waals surface area contributed by atoms with E-state index in [1.54, 1.807) is 20.8 Å². The predicted molar refractivity (Wildman–Crippen MR) is 134 cm³/mol. The fraction of sp³-hybridized carbons (Fsp3) is 0.667. The first-order chi connectivity index (χ1) is 17.9. The molecule has 14 nitrogen and oxygen atoms in total. The molecular weight excluding hydrogens is 546 g/mol. The minimum Gasteiger partial charge on any atom is -0.450 e. The average Bonchev–Trinajstić information content (AvgIpc) is 3.37. The molecule has 2 fully saturated rings. The van der Waals surface area contributed by atoms with Crippen LogP contribution in [0.3, 0.4) is 0 Å². The Bertz CT molecular complexity index is 1250. The minimum atomic E-state index is -4.15. The van der Waals surface area contributed by atoms with E-state index in [-0.39, 0.29) is 48.8 Å². The molecule has 0 radical (unpaired) electrons. The van der Waals surface area contributed by atoms with Gasteiger partial charge in [0, 0.05) is 12.3 Å². The Hall–Kier alpha value is -2.36. The Morgan fingerprint density at radius 3 is 2.92 bits per heavy atom. The number of anilines is 1. The van der Waals surface area contributed by atoms with Gasteiger partial charge in [-0.05, 0) is 13.8 Å². The summed E-state index contributed by atoms with van der Waals surface area (Å²) < 4.78 is 57.3. The number of aromatic nitrogens is 4. The zero-order chi connectivity index (χ0) is 27.7. The number of phosphoric ester groups is 1. The second-order valence-corrected chi connectivity index (χ2v) is 12.2. The highest BCUT2D eigenvalue weighted by molar-refractivity contribution is 8.13. The molecule has 2 saturated heterocycles. The van der Waals surface area contributed by atoms with Gasteiger partial charge in [-0.25, -0.2) is 23.7 Å². The van der Waals surface area contributed by atoms with E-state index in [0.717, 1.165) is 11.8 Å². The van der Waals surface area contributed by atoms with Crippen molar-refractivity contribution in [3.05, 3.63) is 12.5 Å². The van der Waals surface area contributed by atoms with Gasteiger partial charge in [-0.1, -0.05) is 25.6 Å². The molecule has 5 atom stereocenters. The Balaban J connectivity index is 1.32. The van der Waals surface area contributed by atoms with Gasteiger partial charge in [0.15, 0.2) is 22.7 Å². The van der Waals surface area contributed by atoms with Crippen molar-refractivity contribution in [1.82, 2.24) is 24.8 Å². The van der Waals surface area contributed by atoms with Crippen molar-refractivity contribution in [3.63, 3.8) is 0 Å². The number of nitrogens with zero attached hydrogens (tertiary/aromatic N) is 4. The van der Waals surface area contributed by atoms with Crippen LogP contribution in [-0.4, -0.2) is 80.7 Å². The van der Waals surface area contributed by atoms with E-state index < -0.39 is 43.4 Å². The molecule has 0 bridgehead atoms. The number of fused-ring (bicyclic) bond motifs is 2. The number of alkyl carbamates (subject to hydrolysis) is 1. The second-order valence-electron chi connectivity index (χ2n) is 9.46.